The summed E-state index contributed by atoms with van der Waals surface area (Å²) in [6.07, 6.45) is -1.10. The Morgan fingerprint density at radius 3 is 1.67 bits per heavy atom. The standard InChI is InChI=1S/C36H31F5N2O11S3/c37-30-31(38)33(40)35(34(41)32(30)39)54-28(44)13-5-8-22-14-16-23(17-15-22)57(52,53)43(19-7-21-56(49,50)51)36(45)29-24-9-1-3-11-26(24)42(18-6-20-55(46,47)48)27-12-4-2-10-25(27)29/h1-4,9-12,14-17H,5-8,13,18-21H2,(H-,46,47,48,49,50,51)/p+1. The van der Waals surface area contributed by atoms with Crippen molar-refractivity contribution in [2.24, 2.45) is 0 Å². The minimum absolute atomic E-state index is 0.0145. The molecule has 5 aromatic rings. The van der Waals surface area contributed by atoms with Gasteiger partial charge in [0.2, 0.25) is 45.9 Å². The zero-order valence-corrected chi connectivity index (χ0v) is 31.8. The van der Waals surface area contributed by atoms with Gasteiger partial charge in [0.25, 0.3) is 36.2 Å². The van der Waals surface area contributed by atoms with Crippen molar-refractivity contribution < 1.29 is 75.2 Å². The Kier molecular flexibility index (Phi) is 13.0. The van der Waals surface area contributed by atoms with Gasteiger partial charge in [0.15, 0.2) is 6.54 Å². The number of sulfonamides is 1. The number of aryl methyl sites for hydroxylation is 2. The fourth-order valence-electron chi connectivity index (χ4n) is 6.07. The van der Waals surface area contributed by atoms with E-state index in [1.54, 1.807) is 53.1 Å². The SMILES string of the molecule is O=C(CCCc1ccc(S(=O)(=O)N(CCCS(=O)(=O)O)C(=O)c2c3ccccc3[n+](CCCS(=O)(=O)O)c3ccccc23)cc1)Oc1c(F)c(F)c(F)c(F)c1F. The number of nitrogens with zero attached hydrogens (tertiary/aromatic N) is 2. The molecule has 0 atom stereocenters. The number of amides is 1. The van der Waals surface area contributed by atoms with Crippen LogP contribution in [0.2, 0.25) is 0 Å². The first kappa shape index (κ1) is 43.0. The van der Waals surface area contributed by atoms with Crippen LogP contribution in [0.15, 0.2) is 77.7 Å². The van der Waals surface area contributed by atoms with Gasteiger partial charge in [0.1, 0.15) is 0 Å². The minimum Gasteiger partial charge on any atom is -0.420 e. The molecule has 5 rings (SSSR count). The third-order valence-electron chi connectivity index (χ3n) is 8.66. The van der Waals surface area contributed by atoms with Gasteiger partial charge in [0.05, 0.1) is 32.7 Å². The molecule has 0 aliphatic heterocycles. The Bertz CT molecular complexity index is 2630. The maximum Gasteiger partial charge on any atom is 0.311 e. The molecule has 2 N–H and O–H groups in total. The molecule has 13 nitrogen and oxygen atoms in total. The quantitative estimate of drug-likeness (QED) is 0.0191. The molecule has 21 heteroatoms. The van der Waals surface area contributed by atoms with E-state index in [0.29, 0.717) is 20.9 Å². The fourth-order valence-corrected chi connectivity index (χ4v) is 8.47. The number of aromatic nitrogens is 1. The van der Waals surface area contributed by atoms with Crippen molar-refractivity contribution in [3.05, 3.63) is 113 Å². The number of carbonyl (C=O) groups excluding carboxylic acids is 2. The van der Waals surface area contributed by atoms with Crippen LogP contribution >= 0.6 is 0 Å². The van der Waals surface area contributed by atoms with Crippen molar-refractivity contribution in [3.8, 4) is 5.75 Å². The van der Waals surface area contributed by atoms with Crippen LogP contribution in [-0.4, -0.2) is 68.6 Å². The van der Waals surface area contributed by atoms with E-state index in [4.69, 9.17) is 0 Å². The molecule has 0 saturated heterocycles. The summed E-state index contributed by atoms with van der Waals surface area (Å²) in [5.41, 5.74) is 1.15. The summed E-state index contributed by atoms with van der Waals surface area (Å²) < 4.78 is 168. The molecule has 0 fully saturated rings. The average Bonchev–Trinajstić information content (AvgIpc) is 3.15. The Hall–Kier alpha value is -5.09. The molecule has 1 heterocycles. The number of hydrogen-bond acceptors (Lipinski definition) is 9. The fraction of sp³-hybridized carbons (Fsp3) is 0.250. The van der Waals surface area contributed by atoms with Crippen LogP contribution in [-0.2, 0) is 48.0 Å². The largest absolute Gasteiger partial charge is 0.420 e. The molecular formula is C36H32F5N2O11S3+. The Balaban J connectivity index is 1.43. The maximum absolute atomic E-state index is 14.6. The van der Waals surface area contributed by atoms with E-state index < -0.39 is 113 Å². The number of benzene rings is 4. The zero-order valence-electron chi connectivity index (χ0n) is 29.4. The van der Waals surface area contributed by atoms with E-state index in [-0.39, 0.29) is 42.1 Å². The number of halogens is 5. The van der Waals surface area contributed by atoms with Crippen molar-refractivity contribution in [3.63, 3.8) is 0 Å². The first-order valence-corrected chi connectivity index (χ1v) is 21.5. The number of hydrogen-bond donors (Lipinski definition) is 2. The Morgan fingerprint density at radius 2 is 1.14 bits per heavy atom. The highest BCUT2D eigenvalue weighted by Crippen LogP contribution is 2.31. The first-order chi connectivity index (χ1) is 26.7. The molecule has 1 aromatic heterocycles. The van der Waals surface area contributed by atoms with Gasteiger partial charge < -0.3 is 4.74 Å². The van der Waals surface area contributed by atoms with Gasteiger partial charge in [-0.25, -0.2) is 25.9 Å². The molecular weight excluding hydrogens is 828 g/mol. The van der Waals surface area contributed by atoms with E-state index in [1.807, 2.05) is 0 Å². The molecule has 57 heavy (non-hydrogen) atoms. The normalized spacial score (nSPS) is 12.3. The number of esters is 1. The summed E-state index contributed by atoms with van der Waals surface area (Å²) in [6, 6.07) is 17.7. The van der Waals surface area contributed by atoms with Crippen molar-refractivity contribution in [2.45, 2.75) is 43.5 Å². The molecule has 0 aliphatic carbocycles. The number of ether oxygens (including phenoxy) is 1. The predicted molar refractivity (Wildman–Crippen MR) is 193 cm³/mol. The number of carbonyl (C=O) groups is 2. The molecule has 0 saturated carbocycles. The van der Waals surface area contributed by atoms with Gasteiger partial charge in [-0.3, -0.25) is 18.7 Å². The lowest BCUT2D eigenvalue weighted by Crippen LogP contribution is -2.41. The van der Waals surface area contributed by atoms with E-state index in [9.17, 15) is 65.9 Å². The van der Waals surface area contributed by atoms with Crippen molar-refractivity contribution in [2.75, 3.05) is 18.1 Å². The van der Waals surface area contributed by atoms with E-state index in [2.05, 4.69) is 4.74 Å². The molecule has 1 amide bonds. The number of pyridine rings is 1. The molecule has 0 unspecified atom stereocenters. The molecule has 0 radical (unpaired) electrons. The highest BCUT2D eigenvalue weighted by atomic mass is 32.2. The van der Waals surface area contributed by atoms with Gasteiger partial charge in [-0.15, -0.1) is 0 Å². The van der Waals surface area contributed by atoms with Crippen molar-refractivity contribution in [1.29, 1.82) is 0 Å². The summed E-state index contributed by atoms with van der Waals surface area (Å²) in [5.74, 6) is -17.2. The third-order valence-corrected chi connectivity index (χ3v) is 12.1. The summed E-state index contributed by atoms with van der Waals surface area (Å²) in [6.45, 7) is -0.621. The Morgan fingerprint density at radius 1 is 0.649 bits per heavy atom. The van der Waals surface area contributed by atoms with Crippen LogP contribution in [0.5, 0.6) is 5.75 Å². The predicted octanol–water partition coefficient (Wildman–Crippen LogP) is 5.29. The molecule has 4 aromatic carbocycles. The van der Waals surface area contributed by atoms with Crippen LogP contribution < -0.4 is 9.30 Å². The van der Waals surface area contributed by atoms with Crippen LogP contribution in [0.1, 0.15) is 41.6 Å². The van der Waals surface area contributed by atoms with Gasteiger partial charge >= 0.3 is 5.97 Å². The maximum atomic E-state index is 14.6. The van der Waals surface area contributed by atoms with Crippen molar-refractivity contribution in [1.82, 2.24) is 4.31 Å². The lowest BCUT2D eigenvalue weighted by atomic mass is 10.0. The van der Waals surface area contributed by atoms with Crippen LogP contribution in [0.25, 0.3) is 21.8 Å². The average molecular weight is 860 g/mol. The topological polar surface area (TPSA) is 193 Å². The summed E-state index contributed by atoms with van der Waals surface area (Å²) in [5, 5.41) is 0.522. The molecule has 0 aliphatic rings. The molecule has 304 valence electrons. The number of para-hydroxylation sites is 2. The van der Waals surface area contributed by atoms with Crippen LogP contribution in [0.4, 0.5) is 22.0 Å². The highest BCUT2D eigenvalue weighted by Gasteiger charge is 2.35. The van der Waals surface area contributed by atoms with E-state index in [0.717, 1.165) is 12.1 Å². The minimum atomic E-state index is -4.77. The second kappa shape index (κ2) is 17.2. The third kappa shape index (κ3) is 9.90. The van der Waals surface area contributed by atoms with Crippen LogP contribution in [0, 0.1) is 29.1 Å². The first-order valence-electron chi connectivity index (χ1n) is 16.8. The lowest BCUT2D eigenvalue weighted by Gasteiger charge is -2.24. The number of rotatable bonds is 16. The summed E-state index contributed by atoms with van der Waals surface area (Å²) in [4.78, 5) is 26.3. The van der Waals surface area contributed by atoms with Gasteiger partial charge in [-0.05, 0) is 49.1 Å². The molecule has 0 spiro atoms. The van der Waals surface area contributed by atoms with Gasteiger partial charge in [-0.1, -0.05) is 36.4 Å². The second-order valence-electron chi connectivity index (χ2n) is 12.6. The van der Waals surface area contributed by atoms with Gasteiger partial charge in [0, 0.05) is 31.5 Å². The molecule has 0 bridgehead atoms. The van der Waals surface area contributed by atoms with Crippen molar-refractivity contribution >= 4 is 63.9 Å². The Labute approximate surface area is 322 Å². The van der Waals surface area contributed by atoms with Gasteiger partial charge in [-0.2, -0.15) is 30.2 Å². The lowest BCUT2D eigenvalue weighted by molar-refractivity contribution is -0.645. The monoisotopic (exact) mass is 859 g/mol. The van der Waals surface area contributed by atoms with Crippen LogP contribution in [0.3, 0.4) is 0 Å². The summed E-state index contributed by atoms with van der Waals surface area (Å²) >= 11 is 0. The number of fused-ring (bicyclic) bond motifs is 2. The summed E-state index contributed by atoms with van der Waals surface area (Å²) in [7, 11) is -13.7. The highest BCUT2D eigenvalue weighted by molar-refractivity contribution is 7.89. The smallest absolute Gasteiger partial charge is 0.311 e. The van der Waals surface area contributed by atoms with E-state index in [1.165, 1.54) is 12.1 Å². The second-order valence-corrected chi connectivity index (χ2v) is 17.6. The zero-order chi connectivity index (χ0) is 41.9. The van der Waals surface area contributed by atoms with E-state index >= 15 is 0 Å².